The Hall–Kier alpha value is -1.17. The van der Waals surface area contributed by atoms with E-state index in [0.717, 1.165) is 25.7 Å². The van der Waals surface area contributed by atoms with Gasteiger partial charge in [-0.2, -0.15) is 4.68 Å². The van der Waals surface area contributed by atoms with Gasteiger partial charge in [-0.15, -0.1) is 0 Å². The van der Waals surface area contributed by atoms with Crippen LogP contribution in [0.3, 0.4) is 0 Å². The summed E-state index contributed by atoms with van der Waals surface area (Å²) in [5, 5.41) is 11.0. The second kappa shape index (κ2) is 3.91. The molecule has 6 nitrogen and oxygen atoms in total. The highest BCUT2D eigenvalue weighted by atomic mass is 16.5. The molecular formula is C8H15N5O. The number of aromatic nitrogens is 4. The van der Waals surface area contributed by atoms with E-state index in [9.17, 15) is 0 Å². The van der Waals surface area contributed by atoms with Gasteiger partial charge in [-0.05, 0) is 36.1 Å². The molecule has 1 aromatic rings. The van der Waals surface area contributed by atoms with Gasteiger partial charge in [0, 0.05) is 13.1 Å². The van der Waals surface area contributed by atoms with Gasteiger partial charge in [-0.25, -0.2) is 0 Å². The fourth-order valence-corrected chi connectivity index (χ4v) is 1.68. The summed E-state index contributed by atoms with van der Waals surface area (Å²) in [6.45, 7) is 0. The quantitative estimate of drug-likeness (QED) is 0.713. The summed E-state index contributed by atoms with van der Waals surface area (Å²) in [7, 11) is 1.77. The van der Waals surface area contributed by atoms with Crippen LogP contribution < -0.4 is 10.5 Å². The highest BCUT2D eigenvalue weighted by Crippen LogP contribution is 2.20. The van der Waals surface area contributed by atoms with Gasteiger partial charge in [0.2, 0.25) is 0 Å². The first-order valence-corrected chi connectivity index (χ1v) is 4.90. The van der Waals surface area contributed by atoms with Crippen molar-refractivity contribution in [1.82, 2.24) is 20.2 Å². The van der Waals surface area contributed by atoms with Crippen molar-refractivity contribution in [3.8, 4) is 6.01 Å². The summed E-state index contributed by atoms with van der Waals surface area (Å²) in [6, 6.07) is 0.831. The van der Waals surface area contributed by atoms with Crippen LogP contribution in [0.2, 0.25) is 0 Å². The maximum Gasteiger partial charge on any atom is 0.335 e. The smallest absolute Gasteiger partial charge is 0.335 e. The number of ether oxygens (including phenoxy) is 1. The Morgan fingerprint density at radius 1 is 1.36 bits per heavy atom. The first-order chi connectivity index (χ1) is 6.75. The van der Waals surface area contributed by atoms with Crippen LogP contribution in [0.4, 0.5) is 0 Å². The standard InChI is InChI=1S/C8H15N5O/c1-13-8(10-11-12-13)14-7-4-2-6(9)3-5-7/h6-7H,2-5,9H2,1H3. The number of nitrogens with two attached hydrogens (primary N) is 1. The number of tetrazole rings is 1. The number of hydrogen-bond acceptors (Lipinski definition) is 5. The molecule has 0 radical (unpaired) electrons. The van der Waals surface area contributed by atoms with E-state index in [4.69, 9.17) is 10.5 Å². The van der Waals surface area contributed by atoms with E-state index < -0.39 is 0 Å². The third-order valence-electron chi connectivity index (χ3n) is 2.57. The van der Waals surface area contributed by atoms with Crippen molar-refractivity contribution in [2.24, 2.45) is 12.8 Å². The van der Waals surface area contributed by atoms with Crippen LogP contribution in [0.25, 0.3) is 0 Å². The SMILES string of the molecule is Cn1nnnc1OC1CCC(N)CC1. The van der Waals surface area contributed by atoms with Gasteiger partial charge < -0.3 is 10.5 Å². The number of rotatable bonds is 2. The van der Waals surface area contributed by atoms with Crippen molar-refractivity contribution in [3.63, 3.8) is 0 Å². The van der Waals surface area contributed by atoms with Gasteiger partial charge in [0.25, 0.3) is 0 Å². The molecular weight excluding hydrogens is 182 g/mol. The summed E-state index contributed by atoms with van der Waals surface area (Å²) in [5.74, 6) is 0. The molecule has 6 heteroatoms. The van der Waals surface area contributed by atoms with E-state index in [0.29, 0.717) is 12.1 Å². The van der Waals surface area contributed by atoms with E-state index in [1.165, 1.54) is 4.68 Å². The van der Waals surface area contributed by atoms with Crippen LogP contribution >= 0.6 is 0 Å². The monoisotopic (exact) mass is 197 g/mol. The zero-order valence-electron chi connectivity index (χ0n) is 8.26. The summed E-state index contributed by atoms with van der Waals surface area (Å²) >= 11 is 0. The Kier molecular flexibility index (Phi) is 2.62. The largest absolute Gasteiger partial charge is 0.459 e. The normalized spacial score (nSPS) is 27.6. The Bertz CT molecular complexity index is 292. The van der Waals surface area contributed by atoms with Crippen LogP contribution in [0.1, 0.15) is 25.7 Å². The maximum absolute atomic E-state index is 5.80. The van der Waals surface area contributed by atoms with Gasteiger partial charge in [0.15, 0.2) is 0 Å². The van der Waals surface area contributed by atoms with Gasteiger partial charge in [0.1, 0.15) is 6.10 Å². The van der Waals surface area contributed by atoms with Crippen LogP contribution in [0, 0.1) is 0 Å². The van der Waals surface area contributed by atoms with Crippen molar-refractivity contribution >= 4 is 0 Å². The van der Waals surface area contributed by atoms with Gasteiger partial charge in [0.05, 0.1) is 0 Å². The topological polar surface area (TPSA) is 78.8 Å². The summed E-state index contributed by atoms with van der Waals surface area (Å²) in [6.07, 6.45) is 4.26. The molecule has 0 aromatic carbocycles. The molecule has 1 heterocycles. The zero-order valence-corrected chi connectivity index (χ0v) is 8.26. The average molecular weight is 197 g/mol. The molecule has 0 bridgehead atoms. The zero-order chi connectivity index (χ0) is 9.97. The highest BCUT2D eigenvalue weighted by molar-refractivity contribution is 4.89. The second-order valence-electron chi connectivity index (χ2n) is 3.74. The van der Waals surface area contributed by atoms with Crippen LogP contribution in [0.5, 0.6) is 6.01 Å². The van der Waals surface area contributed by atoms with Gasteiger partial charge >= 0.3 is 6.01 Å². The lowest BCUT2D eigenvalue weighted by molar-refractivity contribution is 0.129. The molecule has 1 aromatic heterocycles. The molecule has 0 spiro atoms. The summed E-state index contributed by atoms with van der Waals surface area (Å²) < 4.78 is 7.18. The van der Waals surface area contributed by atoms with Crippen molar-refractivity contribution in [2.45, 2.75) is 37.8 Å². The highest BCUT2D eigenvalue weighted by Gasteiger charge is 2.21. The van der Waals surface area contributed by atoms with Crippen LogP contribution in [0.15, 0.2) is 0 Å². The van der Waals surface area contributed by atoms with E-state index in [-0.39, 0.29) is 6.10 Å². The molecule has 0 saturated heterocycles. The Labute approximate surface area is 82.4 Å². The Balaban J connectivity index is 1.89. The molecule has 2 N–H and O–H groups in total. The molecule has 1 saturated carbocycles. The molecule has 1 aliphatic carbocycles. The second-order valence-corrected chi connectivity index (χ2v) is 3.74. The fraction of sp³-hybridized carbons (Fsp3) is 0.875. The minimum Gasteiger partial charge on any atom is -0.459 e. The van der Waals surface area contributed by atoms with E-state index in [2.05, 4.69) is 15.5 Å². The molecule has 78 valence electrons. The van der Waals surface area contributed by atoms with Crippen LogP contribution in [-0.2, 0) is 7.05 Å². The van der Waals surface area contributed by atoms with E-state index in [1.54, 1.807) is 7.05 Å². The summed E-state index contributed by atoms with van der Waals surface area (Å²) in [5.41, 5.74) is 5.80. The van der Waals surface area contributed by atoms with E-state index >= 15 is 0 Å². The number of aryl methyl sites for hydroxylation is 1. The third-order valence-corrected chi connectivity index (χ3v) is 2.57. The maximum atomic E-state index is 5.80. The lowest BCUT2D eigenvalue weighted by Crippen LogP contribution is -2.32. The predicted molar refractivity (Wildman–Crippen MR) is 49.7 cm³/mol. The van der Waals surface area contributed by atoms with Gasteiger partial charge in [-0.3, -0.25) is 0 Å². The third kappa shape index (κ3) is 2.01. The molecule has 1 aliphatic rings. The molecule has 2 rings (SSSR count). The minimum atomic E-state index is 0.222. The average Bonchev–Trinajstić information content (AvgIpc) is 2.56. The summed E-state index contributed by atoms with van der Waals surface area (Å²) in [4.78, 5) is 0. The van der Waals surface area contributed by atoms with E-state index in [1.807, 2.05) is 0 Å². The number of hydrogen-bond donors (Lipinski definition) is 1. The Morgan fingerprint density at radius 3 is 2.64 bits per heavy atom. The Morgan fingerprint density at radius 2 is 2.07 bits per heavy atom. The lowest BCUT2D eigenvalue weighted by Gasteiger charge is -2.25. The molecule has 0 aliphatic heterocycles. The van der Waals surface area contributed by atoms with Crippen molar-refractivity contribution in [2.75, 3.05) is 0 Å². The first-order valence-electron chi connectivity index (χ1n) is 4.90. The molecule has 0 unspecified atom stereocenters. The van der Waals surface area contributed by atoms with Crippen LogP contribution in [-0.4, -0.2) is 32.4 Å². The number of nitrogens with zero attached hydrogens (tertiary/aromatic N) is 4. The molecule has 14 heavy (non-hydrogen) atoms. The predicted octanol–water partition coefficient (Wildman–Crippen LogP) is -0.141. The molecule has 0 atom stereocenters. The fourth-order valence-electron chi connectivity index (χ4n) is 1.68. The first kappa shape index (κ1) is 9.39. The molecule has 0 amide bonds. The lowest BCUT2D eigenvalue weighted by atomic mass is 9.94. The van der Waals surface area contributed by atoms with Crippen molar-refractivity contribution < 1.29 is 4.74 Å². The van der Waals surface area contributed by atoms with Crippen molar-refractivity contribution in [1.29, 1.82) is 0 Å². The van der Waals surface area contributed by atoms with Gasteiger partial charge in [-0.1, -0.05) is 5.10 Å². The minimum absolute atomic E-state index is 0.222. The van der Waals surface area contributed by atoms with Crippen molar-refractivity contribution in [3.05, 3.63) is 0 Å². The molecule has 1 fully saturated rings.